The zero-order chi connectivity index (χ0) is 11.7. The van der Waals surface area contributed by atoms with E-state index in [0.717, 1.165) is 22.3 Å². The van der Waals surface area contributed by atoms with Crippen LogP contribution in [0.5, 0.6) is 0 Å². The molecule has 0 fully saturated rings. The number of nitrogens with zero attached hydrogens (tertiary/aromatic N) is 2. The van der Waals surface area contributed by atoms with Gasteiger partial charge in [0.2, 0.25) is 0 Å². The fraction of sp³-hybridized carbons (Fsp3) is 0.0909. The number of nitrogens with one attached hydrogen (secondary N) is 2. The summed E-state index contributed by atoms with van der Waals surface area (Å²) in [6.07, 6.45) is 1.76. The molecule has 5 nitrogen and oxygen atoms in total. The summed E-state index contributed by atoms with van der Waals surface area (Å²) in [4.78, 5) is 4.21. The van der Waals surface area contributed by atoms with Gasteiger partial charge in [0.15, 0.2) is 0 Å². The molecule has 3 rings (SSSR count). The normalized spacial score (nSPS) is 10.8. The lowest BCUT2D eigenvalue weighted by atomic mass is 10.2. The number of H-pyrrole nitrogens is 1. The molecule has 1 aromatic carbocycles. The summed E-state index contributed by atoms with van der Waals surface area (Å²) in [6, 6.07) is 3.87. The third kappa shape index (κ3) is 1.94. The first kappa shape index (κ1) is 10.1. The van der Waals surface area contributed by atoms with Crippen molar-refractivity contribution in [2.24, 2.45) is 0 Å². The van der Waals surface area contributed by atoms with Gasteiger partial charge in [-0.2, -0.15) is 5.10 Å². The number of benzene rings is 1. The maximum absolute atomic E-state index is 5.96. The molecule has 0 saturated carbocycles. The van der Waals surface area contributed by atoms with Crippen molar-refractivity contribution in [2.75, 3.05) is 11.1 Å². The Labute approximate surface area is 102 Å². The highest BCUT2D eigenvalue weighted by Crippen LogP contribution is 2.24. The van der Waals surface area contributed by atoms with Gasteiger partial charge in [0.25, 0.3) is 0 Å². The number of anilines is 2. The van der Waals surface area contributed by atoms with E-state index in [1.807, 2.05) is 23.0 Å². The number of aromatic amines is 1. The van der Waals surface area contributed by atoms with E-state index in [0.29, 0.717) is 12.2 Å². The Kier molecular flexibility index (Phi) is 2.41. The van der Waals surface area contributed by atoms with Crippen LogP contribution in [0.25, 0.3) is 10.9 Å². The van der Waals surface area contributed by atoms with Crippen LogP contribution in [0.3, 0.4) is 0 Å². The fourth-order valence-corrected chi connectivity index (χ4v) is 2.23. The summed E-state index contributed by atoms with van der Waals surface area (Å²) in [5.74, 6) is 0. The molecule has 17 heavy (non-hydrogen) atoms. The van der Waals surface area contributed by atoms with Gasteiger partial charge in [0, 0.05) is 10.8 Å². The second kappa shape index (κ2) is 4.06. The van der Waals surface area contributed by atoms with Crippen molar-refractivity contribution in [1.29, 1.82) is 0 Å². The number of nitrogens with two attached hydrogens (primary N) is 1. The summed E-state index contributed by atoms with van der Waals surface area (Å²) >= 11 is 1.58. The molecule has 2 aromatic heterocycles. The number of nitrogen functional groups attached to an aromatic ring is 1. The van der Waals surface area contributed by atoms with Crippen LogP contribution in [0.4, 0.5) is 11.4 Å². The minimum Gasteiger partial charge on any atom is -0.397 e. The third-order valence-electron chi connectivity index (χ3n) is 2.55. The second-order valence-electron chi connectivity index (χ2n) is 3.73. The topological polar surface area (TPSA) is 79.6 Å². The zero-order valence-corrected chi connectivity index (χ0v) is 9.79. The highest BCUT2D eigenvalue weighted by Gasteiger charge is 2.04. The van der Waals surface area contributed by atoms with Gasteiger partial charge in [-0.1, -0.05) is 0 Å². The standard InChI is InChI=1S/C11H11N5S/c12-9-1-7-3-15-16-10(7)2-11(9)13-4-8-5-17-6-14-8/h1-3,5-6,13H,4,12H2,(H,15,16). The van der Waals surface area contributed by atoms with E-state index in [1.165, 1.54) is 0 Å². The highest BCUT2D eigenvalue weighted by molar-refractivity contribution is 7.07. The number of thiazole rings is 1. The minimum atomic E-state index is 0.674. The quantitative estimate of drug-likeness (QED) is 0.618. The molecular weight excluding hydrogens is 234 g/mol. The highest BCUT2D eigenvalue weighted by atomic mass is 32.1. The number of fused-ring (bicyclic) bond motifs is 1. The number of hydrogen-bond donors (Lipinski definition) is 3. The Morgan fingerprint density at radius 3 is 3.18 bits per heavy atom. The third-order valence-corrected chi connectivity index (χ3v) is 3.19. The van der Waals surface area contributed by atoms with Crippen LogP contribution in [0.1, 0.15) is 5.69 Å². The minimum absolute atomic E-state index is 0.674. The molecule has 4 N–H and O–H groups in total. The summed E-state index contributed by atoms with van der Waals surface area (Å²) < 4.78 is 0. The van der Waals surface area contributed by atoms with Crippen LogP contribution in [-0.2, 0) is 6.54 Å². The molecule has 0 aliphatic carbocycles. The maximum atomic E-state index is 5.96. The van der Waals surface area contributed by atoms with Gasteiger partial charge in [0.05, 0.1) is 40.8 Å². The van der Waals surface area contributed by atoms with E-state index >= 15 is 0 Å². The number of hydrogen-bond acceptors (Lipinski definition) is 5. The van der Waals surface area contributed by atoms with Crippen LogP contribution in [0, 0.1) is 0 Å². The van der Waals surface area contributed by atoms with Gasteiger partial charge in [0.1, 0.15) is 0 Å². The van der Waals surface area contributed by atoms with Crippen molar-refractivity contribution in [3.63, 3.8) is 0 Å². The Morgan fingerprint density at radius 1 is 1.41 bits per heavy atom. The van der Waals surface area contributed by atoms with E-state index in [1.54, 1.807) is 17.5 Å². The fourth-order valence-electron chi connectivity index (χ4n) is 1.67. The molecule has 86 valence electrons. The predicted octanol–water partition coefficient (Wildman–Crippen LogP) is 2.21. The van der Waals surface area contributed by atoms with Crippen molar-refractivity contribution < 1.29 is 0 Å². The molecule has 0 bridgehead atoms. The average Bonchev–Trinajstić information content (AvgIpc) is 2.95. The van der Waals surface area contributed by atoms with Crippen molar-refractivity contribution in [3.05, 3.63) is 34.9 Å². The van der Waals surface area contributed by atoms with Crippen molar-refractivity contribution in [1.82, 2.24) is 15.2 Å². The lowest BCUT2D eigenvalue weighted by Gasteiger charge is -2.07. The molecule has 0 spiro atoms. The largest absolute Gasteiger partial charge is 0.397 e. The van der Waals surface area contributed by atoms with E-state index in [2.05, 4.69) is 20.5 Å². The molecule has 0 radical (unpaired) electrons. The Morgan fingerprint density at radius 2 is 2.35 bits per heavy atom. The van der Waals surface area contributed by atoms with Gasteiger partial charge < -0.3 is 11.1 Å². The summed E-state index contributed by atoms with van der Waals surface area (Å²) in [6.45, 7) is 0.674. The molecule has 6 heteroatoms. The zero-order valence-electron chi connectivity index (χ0n) is 8.97. The average molecular weight is 245 g/mol. The van der Waals surface area contributed by atoms with Gasteiger partial charge in [-0.3, -0.25) is 5.10 Å². The summed E-state index contributed by atoms with van der Waals surface area (Å²) in [5, 5.41) is 13.2. The summed E-state index contributed by atoms with van der Waals surface area (Å²) in [5.41, 5.74) is 11.4. The van der Waals surface area contributed by atoms with Gasteiger partial charge in [-0.25, -0.2) is 4.98 Å². The van der Waals surface area contributed by atoms with Crippen molar-refractivity contribution in [3.8, 4) is 0 Å². The Bertz CT molecular complexity index is 628. The predicted molar refractivity (Wildman–Crippen MR) is 69.9 cm³/mol. The Balaban J connectivity index is 1.86. The monoisotopic (exact) mass is 245 g/mol. The molecular formula is C11H11N5S. The van der Waals surface area contributed by atoms with Crippen molar-refractivity contribution >= 4 is 33.6 Å². The first-order valence-corrected chi connectivity index (χ1v) is 6.11. The van der Waals surface area contributed by atoms with Crippen molar-refractivity contribution in [2.45, 2.75) is 6.54 Å². The van der Waals surface area contributed by atoms with Crippen LogP contribution in [-0.4, -0.2) is 15.2 Å². The lowest BCUT2D eigenvalue weighted by Crippen LogP contribution is -2.02. The molecule has 0 unspecified atom stereocenters. The van der Waals surface area contributed by atoms with E-state index in [4.69, 9.17) is 5.73 Å². The first-order valence-electron chi connectivity index (χ1n) is 5.16. The van der Waals surface area contributed by atoms with Crippen LogP contribution in [0.2, 0.25) is 0 Å². The van der Waals surface area contributed by atoms with Gasteiger partial charge in [-0.05, 0) is 12.1 Å². The number of aromatic nitrogens is 3. The molecule has 3 aromatic rings. The van der Waals surface area contributed by atoms with E-state index < -0.39 is 0 Å². The van der Waals surface area contributed by atoms with Crippen LogP contribution >= 0.6 is 11.3 Å². The van der Waals surface area contributed by atoms with E-state index in [-0.39, 0.29) is 0 Å². The van der Waals surface area contributed by atoms with Crippen LogP contribution < -0.4 is 11.1 Å². The molecule has 0 atom stereocenters. The molecule has 0 aliphatic rings. The van der Waals surface area contributed by atoms with E-state index in [9.17, 15) is 0 Å². The SMILES string of the molecule is Nc1cc2cn[nH]c2cc1NCc1cscn1. The molecule has 0 amide bonds. The molecule has 0 aliphatic heterocycles. The molecule has 2 heterocycles. The smallest absolute Gasteiger partial charge is 0.0795 e. The lowest BCUT2D eigenvalue weighted by molar-refractivity contribution is 1.07. The van der Waals surface area contributed by atoms with Gasteiger partial charge in [-0.15, -0.1) is 11.3 Å². The first-order chi connectivity index (χ1) is 8.33. The molecule has 0 saturated heterocycles. The van der Waals surface area contributed by atoms with Gasteiger partial charge >= 0.3 is 0 Å². The summed E-state index contributed by atoms with van der Waals surface area (Å²) in [7, 11) is 0. The maximum Gasteiger partial charge on any atom is 0.0795 e. The number of rotatable bonds is 3. The second-order valence-corrected chi connectivity index (χ2v) is 4.45. The Hall–Kier alpha value is -2.08. The van der Waals surface area contributed by atoms with Crippen LogP contribution in [0.15, 0.2) is 29.2 Å².